The molecule has 1 N–H and O–H groups in total. The number of amides is 1. The summed E-state index contributed by atoms with van der Waals surface area (Å²) in [6.07, 6.45) is -0.779. The zero-order valence-corrected chi connectivity index (χ0v) is 12.3. The van der Waals surface area contributed by atoms with Gasteiger partial charge in [-0.2, -0.15) is 4.37 Å². The van der Waals surface area contributed by atoms with Gasteiger partial charge in [-0.3, -0.25) is 10.1 Å². The Morgan fingerprint density at radius 3 is 2.57 bits per heavy atom. The van der Waals surface area contributed by atoms with Gasteiger partial charge in [0, 0.05) is 17.1 Å². The first-order chi connectivity index (χ1) is 10.1. The zero-order chi connectivity index (χ0) is 15.2. The summed E-state index contributed by atoms with van der Waals surface area (Å²) in [6, 6.07) is 6.10. The van der Waals surface area contributed by atoms with Crippen molar-refractivity contribution in [2.45, 2.75) is 13.8 Å². The predicted octanol–water partition coefficient (Wildman–Crippen LogP) is 2.63. The summed E-state index contributed by atoms with van der Waals surface area (Å²) in [7, 11) is 0. The van der Waals surface area contributed by atoms with Crippen LogP contribution in [0, 0.1) is 6.92 Å². The largest absolute Gasteiger partial charge is 0.513 e. The first kappa shape index (κ1) is 14.9. The van der Waals surface area contributed by atoms with Crippen LogP contribution in [0.3, 0.4) is 0 Å². The molecule has 0 saturated carbocycles. The Hall–Kier alpha value is -2.48. The van der Waals surface area contributed by atoms with Crippen molar-refractivity contribution in [3.63, 3.8) is 0 Å². The standard InChI is InChI=1S/C13H13N3O4S/c1-3-19-13(18)20-10-6-4-9(5-7-10)11(17)15-12-14-8(2)16-21-12/h4-7H,3H2,1-2H3,(H,14,15,16,17). The number of nitrogens with zero attached hydrogens (tertiary/aromatic N) is 2. The van der Waals surface area contributed by atoms with E-state index >= 15 is 0 Å². The van der Waals surface area contributed by atoms with Crippen molar-refractivity contribution in [1.29, 1.82) is 0 Å². The van der Waals surface area contributed by atoms with Crippen LogP contribution >= 0.6 is 11.5 Å². The molecule has 8 heteroatoms. The lowest BCUT2D eigenvalue weighted by Gasteiger charge is -2.05. The van der Waals surface area contributed by atoms with Gasteiger partial charge in [-0.15, -0.1) is 0 Å². The molecule has 1 aromatic carbocycles. The third kappa shape index (κ3) is 4.25. The van der Waals surface area contributed by atoms with E-state index in [4.69, 9.17) is 4.74 Å². The van der Waals surface area contributed by atoms with Crippen LogP contribution in [0.2, 0.25) is 0 Å². The summed E-state index contributed by atoms with van der Waals surface area (Å²) in [4.78, 5) is 27.1. The maximum atomic E-state index is 12.0. The van der Waals surface area contributed by atoms with E-state index in [1.807, 2.05) is 0 Å². The van der Waals surface area contributed by atoms with Crippen LogP contribution in [0.4, 0.5) is 9.93 Å². The maximum absolute atomic E-state index is 12.0. The first-order valence-electron chi connectivity index (χ1n) is 6.15. The number of hydrogen-bond acceptors (Lipinski definition) is 7. The minimum Gasteiger partial charge on any atom is -0.434 e. The highest BCUT2D eigenvalue weighted by atomic mass is 32.1. The number of ether oxygens (including phenoxy) is 2. The minimum atomic E-state index is -0.779. The van der Waals surface area contributed by atoms with Crippen molar-refractivity contribution in [2.24, 2.45) is 0 Å². The van der Waals surface area contributed by atoms with E-state index in [-0.39, 0.29) is 12.5 Å². The number of aryl methyl sites for hydroxylation is 1. The van der Waals surface area contributed by atoms with Gasteiger partial charge >= 0.3 is 6.16 Å². The van der Waals surface area contributed by atoms with Crippen molar-refractivity contribution in [2.75, 3.05) is 11.9 Å². The molecule has 0 bridgehead atoms. The molecule has 21 heavy (non-hydrogen) atoms. The normalized spacial score (nSPS) is 10.0. The number of carbonyl (C=O) groups is 2. The van der Waals surface area contributed by atoms with Crippen LogP contribution in [-0.4, -0.2) is 28.0 Å². The zero-order valence-electron chi connectivity index (χ0n) is 11.5. The molecule has 0 radical (unpaired) electrons. The summed E-state index contributed by atoms with van der Waals surface area (Å²) in [5, 5.41) is 3.07. The molecule has 0 aliphatic rings. The topological polar surface area (TPSA) is 90.4 Å². The van der Waals surface area contributed by atoms with Crippen LogP contribution in [0.15, 0.2) is 24.3 Å². The van der Waals surface area contributed by atoms with Crippen LogP contribution in [0.5, 0.6) is 5.75 Å². The van der Waals surface area contributed by atoms with E-state index in [1.165, 1.54) is 24.3 Å². The third-order valence-corrected chi connectivity index (χ3v) is 3.05. The number of benzene rings is 1. The average Bonchev–Trinajstić information content (AvgIpc) is 2.85. The number of nitrogens with one attached hydrogen (secondary N) is 1. The van der Waals surface area contributed by atoms with Gasteiger partial charge in [-0.1, -0.05) is 0 Å². The van der Waals surface area contributed by atoms with Gasteiger partial charge in [0.15, 0.2) is 0 Å². The average molecular weight is 307 g/mol. The van der Waals surface area contributed by atoms with Gasteiger partial charge in [-0.05, 0) is 38.1 Å². The Kier molecular flexibility index (Phi) is 4.83. The number of hydrogen-bond donors (Lipinski definition) is 1. The molecule has 0 saturated heterocycles. The Balaban J connectivity index is 1.98. The molecule has 0 atom stereocenters. The van der Waals surface area contributed by atoms with Crippen LogP contribution in [0.25, 0.3) is 0 Å². The first-order valence-corrected chi connectivity index (χ1v) is 6.92. The van der Waals surface area contributed by atoms with Crippen molar-refractivity contribution < 1.29 is 19.1 Å². The minimum absolute atomic E-state index is 0.237. The predicted molar refractivity (Wildman–Crippen MR) is 76.7 cm³/mol. The molecule has 1 aromatic heterocycles. The molecule has 0 aliphatic carbocycles. The summed E-state index contributed by atoms with van der Waals surface area (Å²) in [6.45, 7) is 3.66. The molecular formula is C13H13N3O4S. The summed E-state index contributed by atoms with van der Waals surface area (Å²) in [5.74, 6) is 0.596. The highest BCUT2D eigenvalue weighted by Gasteiger charge is 2.10. The van der Waals surface area contributed by atoms with Crippen molar-refractivity contribution in [3.05, 3.63) is 35.7 Å². The Morgan fingerprint density at radius 1 is 1.29 bits per heavy atom. The Labute approximate surface area is 125 Å². The fourth-order valence-electron chi connectivity index (χ4n) is 1.44. The van der Waals surface area contributed by atoms with Crippen molar-refractivity contribution in [3.8, 4) is 5.75 Å². The van der Waals surface area contributed by atoms with E-state index < -0.39 is 6.16 Å². The van der Waals surface area contributed by atoms with Crippen LogP contribution in [-0.2, 0) is 4.74 Å². The van der Waals surface area contributed by atoms with Crippen LogP contribution < -0.4 is 10.1 Å². The van der Waals surface area contributed by atoms with E-state index in [0.717, 1.165) is 11.5 Å². The second kappa shape index (κ2) is 6.80. The van der Waals surface area contributed by atoms with E-state index in [1.54, 1.807) is 13.8 Å². The fraction of sp³-hybridized carbons (Fsp3) is 0.231. The molecule has 0 spiro atoms. The van der Waals surface area contributed by atoms with Gasteiger partial charge < -0.3 is 9.47 Å². The van der Waals surface area contributed by atoms with Crippen molar-refractivity contribution in [1.82, 2.24) is 9.36 Å². The summed E-state index contributed by atoms with van der Waals surface area (Å²) >= 11 is 1.11. The van der Waals surface area contributed by atoms with E-state index in [2.05, 4.69) is 19.4 Å². The molecule has 0 fully saturated rings. The second-order valence-corrected chi connectivity index (χ2v) is 4.66. The number of rotatable bonds is 4. The monoisotopic (exact) mass is 307 g/mol. The van der Waals surface area contributed by atoms with Gasteiger partial charge in [0.25, 0.3) is 5.91 Å². The molecule has 2 rings (SSSR count). The van der Waals surface area contributed by atoms with E-state index in [0.29, 0.717) is 22.3 Å². The lowest BCUT2D eigenvalue weighted by atomic mass is 10.2. The Morgan fingerprint density at radius 2 is 2.00 bits per heavy atom. The van der Waals surface area contributed by atoms with Gasteiger partial charge in [0.2, 0.25) is 5.13 Å². The second-order valence-electron chi connectivity index (χ2n) is 3.91. The Bertz CT molecular complexity index is 639. The molecular weight excluding hydrogens is 294 g/mol. The fourth-order valence-corrected chi connectivity index (χ4v) is 2.01. The quantitative estimate of drug-likeness (QED) is 0.689. The van der Waals surface area contributed by atoms with Gasteiger partial charge in [0.05, 0.1) is 6.61 Å². The molecule has 110 valence electrons. The number of aromatic nitrogens is 2. The van der Waals surface area contributed by atoms with Gasteiger partial charge in [-0.25, -0.2) is 9.78 Å². The SMILES string of the molecule is CCOC(=O)Oc1ccc(C(=O)Nc2nc(C)ns2)cc1. The lowest BCUT2D eigenvalue weighted by molar-refractivity contribution is 0.102. The summed E-state index contributed by atoms with van der Waals surface area (Å²) < 4.78 is 13.5. The van der Waals surface area contributed by atoms with Gasteiger partial charge in [0.1, 0.15) is 11.6 Å². The maximum Gasteiger partial charge on any atom is 0.513 e. The molecule has 0 unspecified atom stereocenters. The lowest BCUT2D eigenvalue weighted by Crippen LogP contribution is -2.12. The van der Waals surface area contributed by atoms with Crippen molar-refractivity contribution >= 4 is 28.7 Å². The molecule has 1 amide bonds. The highest BCUT2D eigenvalue weighted by Crippen LogP contribution is 2.15. The number of carbonyl (C=O) groups excluding carboxylic acids is 2. The summed E-state index contributed by atoms with van der Waals surface area (Å²) in [5.41, 5.74) is 0.416. The van der Waals surface area contributed by atoms with Crippen LogP contribution in [0.1, 0.15) is 23.1 Å². The molecule has 1 heterocycles. The smallest absolute Gasteiger partial charge is 0.434 e. The number of anilines is 1. The molecule has 7 nitrogen and oxygen atoms in total. The third-order valence-electron chi connectivity index (χ3n) is 2.33. The van der Waals surface area contributed by atoms with E-state index in [9.17, 15) is 9.59 Å². The molecule has 2 aromatic rings. The highest BCUT2D eigenvalue weighted by molar-refractivity contribution is 7.09. The molecule has 0 aliphatic heterocycles.